The quantitative estimate of drug-likeness (QED) is 0.823. The second kappa shape index (κ2) is 6.13. The van der Waals surface area contributed by atoms with Crippen LogP contribution in [0.3, 0.4) is 0 Å². The molecule has 0 aliphatic heterocycles. The van der Waals surface area contributed by atoms with Gasteiger partial charge >= 0.3 is 0 Å². The highest BCUT2D eigenvalue weighted by Gasteiger charge is 2.37. The number of hydrogen-bond donors (Lipinski definition) is 2. The van der Waals surface area contributed by atoms with E-state index < -0.39 is 5.54 Å². The van der Waals surface area contributed by atoms with Crippen LogP contribution >= 0.6 is 0 Å². The van der Waals surface area contributed by atoms with Crippen molar-refractivity contribution in [3.8, 4) is 11.5 Å². The third-order valence-corrected chi connectivity index (χ3v) is 3.86. The number of hydrogen-bond acceptors (Lipinski definition) is 4. The molecule has 5 heteroatoms. The Morgan fingerprint density at radius 2 is 2.10 bits per heavy atom. The predicted molar refractivity (Wildman–Crippen MR) is 75.1 cm³/mol. The minimum atomic E-state index is -0.406. The number of amides is 1. The van der Waals surface area contributed by atoms with Gasteiger partial charge < -0.3 is 19.9 Å². The number of aliphatic hydroxyl groups excluding tert-OH is 1. The van der Waals surface area contributed by atoms with E-state index in [9.17, 15) is 9.90 Å². The molecule has 1 aliphatic rings. The van der Waals surface area contributed by atoms with Crippen LogP contribution in [0.25, 0.3) is 0 Å². The van der Waals surface area contributed by atoms with Crippen LogP contribution in [0, 0.1) is 0 Å². The van der Waals surface area contributed by atoms with Gasteiger partial charge in [-0.3, -0.25) is 4.79 Å². The number of rotatable bonds is 6. The summed E-state index contributed by atoms with van der Waals surface area (Å²) < 4.78 is 10.4. The molecule has 1 aromatic rings. The molecule has 1 aromatic carbocycles. The Bertz CT molecular complexity index is 477. The highest BCUT2D eigenvalue weighted by Crippen LogP contribution is 2.31. The average Bonchev–Trinajstić information content (AvgIpc) is 2.43. The van der Waals surface area contributed by atoms with E-state index in [-0.39, 0.29) is 18.9 Å². The van der Waals surface area contributed by atoms with Crippen LogP contribution in [0.5, 0.6) is 11.5 Å². The van der Waals surface area contributed by atoms with Crippen molar-refractivity contribution in [3.05, 3.63) is 23.8 Å². The summed E-state index contributed by atoms with van der Waals surface area (Å²) in [6.07, 6.45) is 2.96. The Morgan fingerprint density at radius 1 is 1.35 bits per heavy atom. The molecule has 0 heterocycles. The summed E-state index contributed by atoms with van der Waals surface area (Å²) in [5, 5.41) is 12.3. The lowest BCUT2D eigenvalue weighted by atomic mass is 9.77. The molecule has 2 rings (SSSR count). The van der Waals surface area contributed by atoms with Gasteiger partial charge in [-0.05, 0) is 25.3 Å². The number of benzene rings is 1. The fourth-order valence-corrected chi connectivity index (χ4v) is 2.44. The molecule has 1 fully saturated rings. The van der Waals surface area contributed by atoms with Crippen molar-refractivity contribution in [1.82, 2.24) is 5.32 Å². The fraction of sp³-hybridized carbons (Fsp3) is 0.533. The predicted octanol–water partition coefficient (Wildman–Crippen LogP) is 1.28. The molecule has 1 aliphatic carbocycles. The molecule has 2 N–H and O–H groups in total. The minimum absolute atomic E-state index is 0.00150. The molecule has 110 valence electrons. The SMILES string of the molecule is COc1ccc(CC(=O)NC2(CO)CCC2)c(OC)c1. The lowest BCUT2D eigenvalue weighted by molar-refractivity contribution is -0.124. The highest BCUT2D eigenvalue weighted by molar-refractivity contribution is 5.80. The third-order valence-electron chi connectivity index (χ3n) is 3.86. The third kappa shape index (κ3) is 3.04. The van der Waals surface area contributed by atoms with E-state index in [4.69, 9.17) is 9.47 Å². The maximum Gasteiger partial charge on any atom is 0.225 e. The number of carbonyl (C=O) groups is 1. The molecular weight excluding hydrogens is 258 g/mol. The molecule has 0 bridgehead atoms. The molecule has 1 saturated carbocycles. The minimum Gasteiger partial charge on any atom is -0.497 e. The second-order valence-corrected chi connectivity index (χ2v) is 5.19. The van der Waals surface area contributed by atoms with Crippen molar-refractivity contribution in [2.24, 2.45) is 0 Å². The van der Waals surface area contributed by atoms with E-state index in [0.717, 1.165) is 24.8 Å². The summed E-state index contributed by atoms with van der Waals surface area (Å²) in [5.74, 6) is 1.23. The number of carbonyl (C=O) groups excluding carboxylic acids is 1. The summed E-state index contributed by atoms with van der Waals surface area (Å²) >= 11 is 0. The van der Waals surface area contributed by atoms with Crippen molar-refractivity contribution in [1.29, 1.82) is 0 Å². The van der Waals surface area contributed by atoms with Crippen LogP contribution in [-0.2, 0) is 11.2 Å². The Labute approximate surface area is 118 Å². The molecule has 5 nitrogen and oxygen atoms in total. The van der Waals surface area contributed by atoms with Crippen LogP contribution in [0.2, 0.25) is 0 Å². The summed E-state index contributed by atoms with van der Waals surface area (Å²) in [5.41, 5.74) is 0.398. The van der Waals surface area contributed by atoms with Crippen LogP contribution in [-0.4, -0.2) is 37.4 Å². The number of aliphatic hydroxyl groups is 1. The number of nitrogens with one attached hydrogen (secondary N) is 1. The van der Waals surface area contributed by atoms with Crippen LogP contribution < -0.4 is 14.8 Å². The van der Waals surface area contributed by atoms with Gasteiger partial charge in [-0.25, -0.2) is 0 Å². The van der Waals surface area contributed by atoms with Crippen molar-refractivity contribution < 1.29 is 19.4 Å². The van der Waals surface area contributed by atoms with Crippen LogP contribution in [0.4, 0.5) is 0 Å². The summed E-state index contributed by atoms with van der Waals surface area (Å²) in [6.45, 7) is -0.00150. The Kier molecular flexibility index (Phi) is 4.49. The Morgan fingerprint density at radius 3 is 2.60 bits per heavy atom. The molecule has 0 unspecified atom stereocenters. The van der Waals surface area contributed by atoms with E-state index in [2.05, 4.69) is 5.32 Å². The highest BCUT2D eigenvalue weighted by atomic mass is 16.5. The Hall–Kier alpha value is -1.75. The van der Waals surface area contributed by atoms with Crippen molar-refractivity contribution in [2.75, 3.05) is 20.8 Å². The molecule has 0 saturated heterocycles. The monoisotopic (exact) mass is 279 g/mol. The van der Waals surface area contributed by atoms with Gasteiger partial charge in [0.25, 0.3) is 0 Å². The van der Waals surface area contributed by atoms with Crippen molar-refractivity contribution in [3.63, 3.8) is 0 Å². The molecule has 0 spiro atoms. The van der Waals surface area contributed by atoms with E-state index in [1.807, 2.05) is 6.07 Å². The van der Waals surface area contributed by atoms with Gasteiger partial charge in [0.05, 0.1) is 32.8 Å². The molecule has 0 aromatic heterocycles. The average molecular weight is 279 g/mol. The smallest absolute Gasteiger partial charge is 0.225 e. The van der Waals surface area contributed by atoms with E-state index in [1.165, 1.54) is 0 Å². The first kappa shape index (κ1) is 14.7. The van der Waals surface area contributed by atoms with Gasteiger partial charge in [-0.1, -0.05) is 6.07 Å². The standard InChI is InChI=1S/C15H21NO4/c1-19-12-5-4-11(13(9-12)20-2)8-14(18)16-15(10-17)6-3-7-15/h4-5,9,17H,3,6-8,10H2,1-2H3,(H,16,18). The second-order valence-electron chi connectivity index (χ2n) is 5.19. The molecular formula is C15H21NO4. The maximum atomic E-state index is 12.1. The summed E-state index contributed by atoms with van der Waals surface area (Å²) in [7, 11) is 3.15. The topological polar surface area (TPSA) is 67.8 Å². The zero-order valence-electron chi connectivity index (χ0n) is 11.9. The van der Waals surface area contributed by atoms with Crippen LogP contribution in [0.1, 0.15) is 24.8 Å². The zero-order valence-corrected chi connectivity index (χ0v) is 11.9. The fourth-order valence-electron chi connectivity index (χ4n) is 2.44. The first-order valence-corrected chi connectivity index (χ1v) is 6.75. The van der Waals surface area contributed by atoms with Crippen molar-refractivity contribution >= 4 is 5.91 Å². The first-order valence-electron chi connectivity index (χ1n) is 6.75. The van der Waals surface area contributed by atoms with E-state index in [0.29, 0.717) is 11.5 Å². The normalized spacial score (nSPS) is 16.1. The lowest BCUT2D eigenvalue weighted by Gasteiger charge is -2.41. The summed E-state index contributed by atoms with van der Waals surface area (Å²) in [4.78, 5) is 12.1. The van der Waals surface area contributed by atoms with Gasteiger partial charge in [0.1, 0.15) is 11.5 Å². The van der Waals surface area contributed by atoms with Gasteiger partial charge in [0.15, 0.2) is 0 Å². The number of ether oxygens (including phenoxy) is 2. The zero-order chi connectivity index (χ0) is 14.6. The van der Waals surface area contributed by atoms with Gasteiger partial charge in [0.2, 0.25) is 5.91 Å². The van der Waals surface area contributed by atoms with E-state index >= 15 is 0 Å². The van der Waals surface area contributed by atoms with Gasteiger partial charge in [0, 0.05) is 11.6 Å². The van der Waals surface area contributed by atoms with Crippen LogP contribution in [0.15, 0.2) is 18.2 Å². The number of methoxy groups -OCH3 is 2. The van der Waals surface area contributed by atoms with Gasteiger partial charge in [-0.15, -0.1) is 0 Å². The summed E-state index contributed by atoms with van der Waals surface area (Å²) in [6, 6.07) is 5.38. The molecule has 1 amide bonds. The Balaban J connectivity index is 2.03. The molecule has 0 atom stereocenters. The van der Waals surface area contributed by atoms with Gasteiger partial charge in [-0.2, -0.15) is 0 Å². The lowest BCUT2D eigenvalue weighted by Crippen LogP contribution is -2.56. The first-order chi connectivity index (χ1) is 9.62. The van der Waals surface area contributed by atoms with E-state index in [1.54, 1.807) is 26.4 Å². The largest absolute Gasteiger partial charge is 0.497 e. The molecule has 20 heavy (non-hydrogen) atoms. The van der Waals surface area contributed by atoms with Crippen molar-refractivity contribution in [2.45, 2.75) is 31.2 Å². The molecule has 0 radical (unpaired) electrons. The maximum absolute atomic E-state index is 12.1.